The quantitative estimate of drug-likeness (QED) is 0.716. The standard InChI is InChI=1S/C15H24N2O2/c1-15(2,3)14(17-8-6-16-7-9-17)11-4-5-12(18)13(19)10-11/h4-5,10,14,16,18-19H,6-9H2,1-3H3/t14-/m1/s1. The van der Waals surface area contributed by atoms with Crippen LogP contribution in [0.25, 0.3) is 0 Å². The molecule has 0 aliphatic carbocycles. The van der Waals surface area contributed by atoms with Crippen molar-refractivity contribution < 1.29 is 10.2 Å². The summed E-state index contributed by atoms with van der Waals surface area (Å²) in [5.74, 6) is -0.0985. The first-order chi connectivity index (χ1) is 8.89. The highest BCUT2D eigenvalue weighted by molar-refractivity contribution is 5.42. The van der Waals surface area contributed by atoms with E-state index >= 15 is 0 Å². The number of nitrogens with one attached hydrogen (secondary N) is 1. The van der Waals surface area contributed by atoms with Crippen molar-refractivity contribution >= 4 is 0 Å². The number of piperazine rings is 1. The van der Waals surface area contributed by atoms with Crippen LogP contribution in [0.5, 0.6) is 11.5 Å². The first kappa shape index (κ1) is 14.2. The summed E-state index contributed by atoms with van der Waals surface area (Å²) in [6.07, 6.45) is 0. The van der Waals surface area contributed by atoms with Gasteiger partial charge in [0.25, 0.3) is 0 Å². The molecular formula is C15H24N2O2. The molecule has 1 aromatic rings. The lowest BCUT2D eigenvalue weighted by atomic mass is 9.81. The van der Waals surface area contributed by atoms with Crippen molar-refractivity contribution in [1.82, 2.24) is 10.2 Å². The van der Waals surface area contributed by atoms with Crippen molar-refractivity contribution in [2.75, 3.05) is 26.2 Å². The Morgan fingerprint density at radius 3 is 2.26 bits per heavy atom. The second kappa shape index (κ2) is 5.39. The fourth-order valence-corrected chi connectivity index (χ4v) is 2.91. The van der Waals surface area contributed by atoms with E-state index in [4.69, 9.17) is 0 Å². The minimum atomic E-state index is -0.0586. The molecule has 0 amide bonds. The third-order valence-corrected chi connectivity index (χ3v) is 3.65. The molecule has 1 aliphatic heterocycles. The Labute approximate surface area is 115 Å². The molecule has 1 heterocycles. The van der Waals surface area contributed by atoms with Gasteiger partial charge in [0.15, 0.2) is 11.5 Å². The summed E-state index contributed by atoms with van der Waals surface area (Å²) >= 11 is 0. The Hall–Kier alpha value is -1.26. The number of phenols is 2. The smallest absolute Gasteiger partial charge is 0.157 e. The number of hydrogen-bond donors (Lipinski definition) is 3. The van der Waals surface area contributed by atoms with Gasteiger partial charge in [0.1, 0.15) is 0 Å². The van der Waals surface area contributed by atoms with Crippen molar-refractivity contribution in [1.29, 1.82) is 0 Å². The van der Waals surface area contributed by atoms with Gasteiger partial charge in [0, 0.05) is 32.2 Å². The molecule has 1 saturated heterocycles. The van der Waals surface area contributed by atoms with Gasteiger partial charge in [0.05, 0.1) is 0 Å². The normalized spacial score (nSPS) is 19.3. The first-order valence-corrected chi connectivity index (χ1v) is 6.86. The van der Waals surface area contributed by atoms with Gasteiger partial charge in [0.2, 0.25) is 0 Å². The van der Waals surface area contributed by atoms with Gasteiger partial charge >= 0.3 is 0 Å². The fourth-order valence-electron chi connectivity index (χ4n) is 2.91. The SMILES string of the molecule is CC(C)(C)[C@@H](c1ccc(O)c(O)c1)N1CCNCC1. The number of phenolic OH excluding ortho intramolecular Hbond substituents is 2. The highest BCUT2D eigenvalue weighted by atomic mass is 16.3. The Kier molecular flexibility index (Phi) is 4.02. The van der Waals surface area contributed by atoms with Crippen LogP contribution in [0.15, 0.2) is 18.2 Å². The van der Waals surface area contributed by atoms with Crippen LogP contribution in [0.4, 0.5) is 0 Å². The van der Waals surface area contributed by atoms with E-state index in [-0.39, 0.29) is 23.0 Å². The van der Waals surface area contributed by atoms with Crippen LogP contribution in [0.1, 0.15) is 32.4 Å². The maximum Gasteiger partial charge on any atom is 0.157 e. The molecule has 0 radical (unpaired) electrons. The lowest BCUT2D eigenvalue weighted by molar-refractivity contribution is 0.0860. The number of nitrogens with zero attached hydrogens (tertiary/aromatic N) is 1. The van der Waals surface area contributed by atoms with Crippen molar-refractivity contribution in [3.63, 3.8) is 0 Å². The van der Waals surface area contributed by atoms with Crippen LogP contribution >= 0.6 is 0 Å². The van der Waals surface area contributed by atoms with Gasteiger partial charge < -0.3 is 15.5 Å². The van der Waals surface area contributed by atoms with Gasteiger partial charge in [-0.25, -0.2) is 0 Å². The van der Waals surface area contributed by atoms with Crippen molar-refractivity contribution in [2.45, 2.75) is 26.8 Å². The van der Waals surface area contributed by atoms with E-state index in [0.29, 0.717) is 0 Å². The molecule has 1 fully saturated rings. The largest absolute Gasteiger partial charge is 0.504 e. The molecule has 1 atom stereocenters. The van der Waals surface area contributed by atoms with E-state index in [1.54, 1.807) is 12.1 Å². The monoisotopic (exact) mass is 264 g/mol. The molecule has 4 nitrogen and oxygen atoms in total. The summed E-state index contributed by atoms with van der Waals surface area (Å²) in [6.45, 7) is 10.6. The predicted octanol–water partition coefficient (Wildman–Crippen LogP) is 2.09. The summed E-state index contributed by atoms with van der Waals surface area (Å²) < 4.78 is 0. The zero-order chi connectivity index (χ0) is 14.0. The van der Waals surface area contributed by atoms with Crippen molar-refractivity contribution in [2.24, 2.45) is 5.41 Å². The molecule has 0 saturated carbocycles. The molecule has 19 heavy (non-hydrogen) atoms. The second-order valence-electron chi connectivity index (χ2n) is 6.30. The third kappa shape index (κ3) is 3.19. The zero-order valence-corrected chi connectivity index (χ0v) is 12.0. The lowest BCUT2D eigenvalue weighted by Crippen LogP contribution is -2.48. The number of hydrogen-bond acceptors (Lipinski definition) is 4. The van der Waals surface area contributed by atoms with Crippen LogP contribution in [-0.2, 0) is 0 Å². The van der Waals surface area contributed by atoms with E-state index in [1.807, 2.05) is 6.07 Å². The minimum Gasteiger partial charge on any atom is -0.504 e. The van der Waals surface area contributed by atoms with Crippen LogP contribution in [0, 0.1) is 5.41 Å². The van der Waals surface area contributed by atoms with Crippen LogP contribution in [0.3, 0.4) is 0 Å². The molecule has 1 aliphatic rings. The maximum atomic E-state index is 9.73. The number of aromatic hydroxyl groups is 2. The Morgan fingerprint density at radius 2 is 1.74 bits per heavy atom. The Morgan fingerprint density at radius 1 is 1.11 bits per heavy atom. The Bertz CT molecular complexity index is 434. The van der Waals surface area contributed by atoms with Gasteiger partial charge in [-0.15, -0.1) is 0 Å². The molecule has 1 aromatic carbocycles. The number of rotatable bonds is 2. The van der Waals surface area contributed by atoms with Gasteiger partial charge in [-0.3, -0.25) is 4.90 Å². The van der Waals surface area contributed by atoms with Crippen LogP contribution in [0.2, 0.25) is 0 Å². The summed E-state index contributed by atoms with van der Waals surface area (Å²) in [6, 6.07) is 5.41. The molecule has 0 spiro atoms. The average Bonchev–Trinajstić information content (AvgIpc) is 2.34. The number of benzene rings is 1. The molecule has 106 valence electrons. The molecule has 0 bridgehead atoms. The highest BCUT2D eigenvalue weighted by Gasteiger charge is 2.32. The average molecular weight is 264 g/mol. The first-order valence-electron chi connectivity index (χ1n) is 6.86. The van der Waals surface area contributed by atoms with E-state index in [0.717, 1.165) is 31.7 Å². The molecule has 2 rings (SSSR count). The maximum absolute atomic E-state index is 9.73. The van der Waals surface area contributed by atoms with E-state index in [2.05, 4.69) is 31.0 Å². The summed E-state index contributed by atoms with van der Waals surface area (Å²) in [4.78, 5) is 2.45. The summed E-state index contributed by atoms with van der Waals surface area (Å²) in [5.41, 5.74) is 1.13. The fraction of sp³-hybridized carbons (Fsp3) is 0.600. The molecule has 0 aromatic heterocycles. The minimum absolute atomic E-state index is 0.0399. The van der Waals surface area contributed by atoms with E-state index in [9.17, 15) is 10.2 Å². The Balaban J connectivity index is 2.33. The van der Waals surface area contributed by atoms with Crippen molar-refractivity contribution in [3.8, 4) is 11.5 Å². The topological polar surface area (TPSA) is 55.7 Å². The van der Waals surface area contributed by atoms with Crippen LogP contribution in [-0.4, -0.2) is 41.3 Å². The van der Waals surface area contributed by atoms with Gasteiger partial charge in [-0.2, -0.15) is 0 Å². The highest BCUT2D eigenvalue weighted by Crippen LogP contribution is 2.40. The second-order valence-corrected chi connectivity index (χ2v) is 6.30. The molecule has 4 heteroatoms. The van der Waals surface area contributed by atoms with Crippen LogP contribution < -0.4 is 5.32 Å². The van der Waals surface area contributed by atoms with Gasteiger partial charge in [-0.1, -0.05) is 26.8 Å². The molecular weight excluding hydrogens is 240 g/mol. The van der Waals surface area contributed by atoms with Crippen molar-refractivity contribution in [3.05, 3.63) is 23.8 Å². The zero-order valence-electron chi connectivity index (χ0n) is 12.0. The summed E-state index contributed by atoms with van der Waals surface area (Å²) in [5, 5.41) is 22.6. The molecule has 3 N–H and O–H groups in total. The van der Waals surface area contributed by atoms with E-state index < -0.39 is 0 Å². The summed E-state index contributed by atoms with van der Waals surface area (Å²) in [7, 11) is 0. The predicted molar refractivity (Wildman–Crippen MR) is 76.4 cm³/mol. The lowest BCUT2D eigenvalue weighted by Gasteiger charge is -2.42. The van der Waals surface area contributed by atoms with Gasteiger partial charge in [-0.05, 0) is 23.1 Å². The third-order valence-electron chi connectivity index (χ3n) is 3.65. The molecule has 0 unspecified atom stereocenters. The van der Waals surface area contributed by atoms with E-state index in [1.165, 1.54) is 0 Å².